The van der Waals surface area contributed by atoms with E-state index in [4.69, 9.17) is 23.2 Å². The van der Waals surface area contributed by atoms with Crippen molar-refractivity contribution in [3.8, 4) is 0 Å². The van der Waals surface area contributed by atoms with Crippen molar-refractivity contribution in [3.63, 3.8) is 0 Å². The normalized spacial score (nSPS) is 17.6. The van der Waals surface area contributed by atoms with Crippen molar-refractivity contribution in [1.29, 1.82) is 0 Å². The first-order valence-electron chi connectivity index (χ1n) is 9.60. The second-order valence-corrected chi connectivity index (χ2v) is 7.97. The number of nitrogens with zero attached hydrogens (tertiary/aromatic N) is 1. The fraction of sp³-hybridized carbons (Fsp3) is 0.409. The third-order valence-corrected chi connectivity index (χ3v) is 5.85. The highest BCUT2D eigenvalue weighted by Gasteiger charge is 2.25. The molecule has 1 atom stereocenters. The second kappa shape index (κ2) is 10.1. The molecule has 0 bridgehead atoms. The number of benzene rings is 2. The van der Waals surface area contributed by atoms with Gasteiger partial charge in [-0.25, -0.2) is 0 Å². The molecule has 3 rings (SSSR count). The molecule has 1 unspecified atom stereocenters. The first-order chi connectivity index (χ1) is 13.1. The molecule has 1 amide bonds. The Morgan fingerprint density at radius 2 is 1.70 bits per heavy atom. The standard InChI is InChI=1S/C22H26Cl2N2O/c23-20-11-3-1-7-17(20)9-5-13-25-22(27)19-10-6-14-26(16-19)15-18-8-2-4-12-21(18)24/h1-4,7-8,11-12,19H,5-6,9-10,13-16H2,(H,25,27). The SMILES string of the molecule is O=C(NCCCc1ccccc1Cl)C1CCCN(Cc2ccccc2Cl)C1. The first kappa shape index (κ1) is 20.2. The predicted molar refractivity (Wildman–Crippen MR) is 112 cm³/mol. The number of aryl methyl sites for hydroxylation is 1. The second-order valence-electron chi connectivity index (χ2n) is 7.15. The monoisotopic (exact) mass is 404 g/mol. The van der Waals surface area contributed by atoms with Crippen LogP contribution in [0.1, 0.15) is 30.4 Å². The Balaban J connectivity index is 1.43. The van der Waals surface area contributed by atoms with Crippen molar-refractivity contribution in [1.82, 2.24) is 10.2 Å². The molecule has 1 saturated heterocycles. The van der Waals surface area contributed by atoms with Gasteiger partial charge in [0.15, 0.2) is 0 Å². The van der Waals surface area contributed by atoms with Crippen molar-refractivity contribution in [2.24, 2.45) is 5.92 Å². The lowest BCUT2D eigenvalue weighted by Crippen LogP contribution is -2.43. The average molecular weight is 405 g/mol. The number of piperidine rings is 1. The first-order valence-corrected chi connectivity index (χ1v) is 10.4. The van der Waals surface area contributed by atoms with E-state index in [0.29, 0.717) is 6.54 Å². The summed E-state index contributed by atoms with van der Waals surface area (Å²) in [6, 6.07) is 15.8. The Morgan fingerprint density at radius 3 is 2.41 bits per heavy atom. The maximum atomic E-state index is 12.6. The summed E-state index contributed by atoms with van der Waals surface area (Å²) < 4.78 is 0. The molecule has 27 heavy (non-hydrogen) atoms. The average Bonchev–Trinajstić information content (AvgIpc) is 2.68. The van der Waals surface area contributed by atoms with Crippen molar-refractivity contribution in [3.05, 3.63) is 69.7 Å². The molecule has 0 radical (unpaired) electrons. The van der Waals surface area contributed by atoms with Crippen molar-refractivity contribution >= 4 is 29.1 Å². The number of rotatable bonds is 7. The van der Waals surface area contributed by atoms with Gasteiger partial charge in [0.2, 0.25) is 5.91 Å². The molecule has 144 valence electrons. The van der Waals surface area contributed by atoms with Crippen molar-refractivity contribution < 1.29 is 4.79 Å². The van der Waals surface area contributed by atoms with Crippen LogP contribution in [-0.2, 0) is 17.8 Å². The molecule has 0 aliphatic carbocycles. The van der Waals surface area contributed by atoms with E-state index in [1.165, 1.54) is 0 Å². The van der Waals surface area contributed by atoms with Gasteiger partial charge < -0.3 is 5.32 Å². The Labute approximate surface area is 171 Å². The van der Waals surface area contributed by atoms with Crippen LogP contribution >= 0.6 is 23.2 Å². The smallest absolute Gasteiger partial charge is 0.224 e. The van der Waals surface area contributed by atoms with Gasteiger partial charge >= 0.3 is 0 Å². The maximum Gasteiger partial charge on any atom is 0.224 e. The third kappa shape index (κ3) is 5.97. The molecule has 1 fully saturated rings. The molecule has 1 aliphatic rings. The molecular formula is C22H26Cl2N2O. The molecule has 2 aromatic rings. The molecule has 5 heteroatoms. The minimum atomic E-state index is 0.0570. The molecule has 1 aliphatic heterocycles. The van der Waals surface area contributed by atoms with Crippen LogP contribution in [0.3, 0.4) is 0 Å². The summed E-state index contributed by atoms with van der Waals surface area (Å²) in [6.45, 7) is 3.30. The number of carbonyl (C=O) groups excluding carboxylic acids is 1. The lowest BCUT2D eigenvalue weighted by molar-refractivity contribution is -0.126. The van der Waals surface area contributed by atoms with Gasteiger partial charge in [-0.2, -0.15) is 0 Å². The number of amides is 1. The minimum Gasteiger partial charge on any atom is -0.356 e. The fourth-order valence-electron chi connectivity index (χ4n) is 3.62. The highest BCUT2D eigenvalue weighted by molar-refractivity contribution is 6.31. The molecule has 0 saturated carbocycles. The van der Waals surface area contributed by atoms with E-state index < -0.39 is 0 Å². The molecule has 0 spiro atoms. The predicted octanol–water partition coefficient (Wildman–Crippen LogP) is 4.95. The maximum absolute atomic E-state index is 12.6. The van der Waals surface area contributed by atoms with Gasteiger partial charge in [-0.15, -0.1) is 0 Å². The van der Waals surface area contributed by atoms with Gasteiger partial charge in [-0.3, -0.25) is 9.69 Å². The zero-order valence-corrected chi connectivity index (χ0v) is 17.0. The van der Waals surface area contributed by atoms with Crippen LogP contribution < -0.4 is 5.32 Å². The number of halogens is 2. The van der Waals surface area contributed by atoms with Crippen molar-refractivity contribution in [2.45, 2.75) is 32.2 Å². The number of hydrogen-bond donors (Lipinski definition) is 1. The summed E-state index contributed by atoms with van der Waals surface area (Å²) in [5.74, 6) is 0.222. The van der Waals surface area contributed by atoms with Crippen LogP contribution in [0.4, 0.5) is 0 Å². The van der Waals surface area contributed by atoms with E-state index in [2.05, 4.69) is 16.3 Å². The van der Waals surface area contributed by atoms with E-state index in [1.54, 1.807) is 0 Å². The van der Waals surface area contributed by atoms with Gasteiger partial charge in [-0.1, -0.05) is 59.6 Å². The van der Waals surface area contributed by atoms with Crippen molar-refractivity contribution in [2.75, 3.05) is 19.6 Å². The third-order valence-electron chi connectivity index (χ3n) is 5.11. The molecule has 0 aromatic heterocycles. The minimum absolute atomic E-state index is 0.0570. The van der Waals surface area contributed by atoms with E-state index in [9.17, 15) is 4.79 Å². The zero-order valence-electron chi connectivity index (χ0n) is 15.5. The van der Waals surface area contributed by atoms with Gasteiger partial charge in [0.25, 0.3) is 0 Å². The Hall–Kier alpha value is -1.55. The van der Waals surface area contributed by atoms with Crippen LogP contribution in [-0.4, -0.2) is 30.4 Å². The fourth-order valence-corrected chi connectivity index (χ4v) is 4.04. The van der Waals surface area contributed by atoms with Gasteiger partial charge in [0, 0.05) is 29.7 Å². The molecule has 2 aromatic carbocycles. The van der Waals surface area contributed by atoms with E-state index in [0.717, 1.165) is 66.5 Å². The van der Waals surface area contributed by atoms with Crippen LogP contribution in [0.5, 0.6) is 0 Å². The van der Waals surface area contributed by atoms with Crippen LogP contribution in [0.2, 0.25) is 10.0 Å². The molecule has 3 nitrogen and oxygen atoms in total. The van der Waals surface area contributed by atoms with Crippen LogP contribution in [0.25, 0.3) is 0 Å². The van der Waals surface area contributed by atoms with Gasteiger partial charge in [0.1, 0.15) is 0 Å². The zero-order chi connectivity index (χ0) is 19.1. The lowest BCUT2D eigenvalue weighted by atomic mass is 9.96. The Morgan fingerprint density at radius 1 is 1.04 bits per heavy atom. The highest BCUT2D eigenvalue weighted by Crippen LogP contribution is 2.22. The summed E-state index contributed by atoms with van der Waals surface area (Å²) in [4.78, 5) is 14.9. The highest BCUT2D eigenvalue weighted by atomic mass is 35.5. The topological polar surface area (TPSA) is 32.3 Å². The largest absolute Gasteiger partial charge is 0.356 e. The summed E-state index contributed by atoms with van der Waals surface area (Å²) in [6.07, 6.45) is 3.77. The van der Waals surface area contributed by atoms with Crippen LogP contribution in [0, 0.1) is 5.92 Å². The number of hydrogen-bond acceptors (Lipinski definition) is 2. The lowest BCUT2D eigenvalue weighted by Gasteiger charge is -2.32. The quantitative estimate of drug-likeness (QED) is 0.661. The summed E-state index contributed by atoms with van der Waals surface area (Å²) in [7, 11) is 0. The number of nitrogens with one attached hydrogen (secondary N) is 1. The number of carbonyl (C=O) groups is 1. The van der Waals surface area contributed by atoms with E-state index in [-0.39, 0.29) is 11.8 Å². The molecule has 1 N–H and O–H groups in total. The van der Waals surface area contributed by atoms with Gasteiger partial charge in [0.05, 0.1) is 5.92 Å². The van der Waals surface area contributed by atoms with Gasteiger partial charge in [-0.05, 0) is 55.5 Å². The molecule has 1 heterocycles. The summed E-state index contributed by atoms with van der Waals surface area (Å²) in [5.41, 5.74) is 2.26. The van der Waals surface area contributed by atoms with E-state index in [1.807, 2.05) is 42.5 Å². The Bertz CT molecular complexity index is 765. The molecular weight excluding hydrogens is 379 g/mol. The summed E-state index contributed by atoms with van der Waals surface area (Å²) in [5, 5.41) is 4.70. The van der Waals surface area contributed by atoms with Crippen LogP contribution in [0.15, 0.2) is 48.5 Å². The van der Waals surface area contributed by atoms with E-state index >= 15 is 0 Å². The Kier molecular flexibility index (Phi) is 7.57. The number of likely N-dealkylation sites (tertiary alicyclic amines) is 1. The summed E-state index contributed by atoms with van der Waals surface area (Å²) >= 11 is 12.5.